The quantitative estimate of drug-likeness (QED) is 0.568. The van der Waals surface area contributed by atoms with E-state index in [1.807, 2.05) is 55.5 Å². The van der Waals surface area contributed by atoms with Crippen LogP contribution in [0, 0.1) is 6.92 Å². The van der Waals surface area contributed by atoms with Gasteiger partial charge in [-0.15, -0.1) is 0 Å². The first-order valence-electron chi connectivity index (χ1n) is 8.56. The molecule has 138 valence electrons. The molecule has 1 heterocycles. The Morgan fingerprint density at radius 3 is 2.37 bits per heavy atom. The molecule has 27 heavy (non-hydrogen) atoms. The fraction of sp³-hybridized carbons (Fsp3) is 0.143. The van der Waals surface area contributed by atoms with Gasteiger partial charge >= 0.3 is 0 Å². The van der Waals surface area contributed by atoms with Crippen LogP contribution in [-0.2, 0) is 10.0 Å². The third kappa shape index (κ3) is 2.73. The summed E-state index contributed by atoms with van der Waals surface area (Å²) in [7, 11) is -0.609. The average molecular weight is 380 g/mol. The van der Waals surface area contributed by atoms with Gasteiger partial charge in [-0.2, -0.15) is 0 Å². The van der Waals surface area contributed by atoms with E-state index in [1.165, 1.54) is 4.31 Å². The number of methoxy groups -OCH3 is 1. The molecule has 0 bridgehead atoms. The molecule has 0 unspecified atom stereocenters. The molecule has 0 aliphatic rings. The molecule has 0 radical (unpaired) electrons. The second kappa shape index (κ2) is 6.32. The van der Waals surface area contributed by atoms with Crippen LogP contribution in [0.25, 0.3) is 21.8 Å². The molecule has 1 aromatic heterocycles. The van der Waals surface area contributed by atoms with E-state index in [9.17, 15) is 8.42 Å². The summed E-state index contributed by atoms with van der Waals surface area (Å²) in [5.74, 6) is 0.609. The van der Waals surface area contributed by atoms with Gasteiger partial charge in [-0.1, -0.05) is 35.9 Å². The lowest BCUT2D eigenvalue weighted by Gasteiger charge is -2.20. The number of hydrogen-bond acceptors (Lipinski definition) is 3. The number of H-pyrrole nitrogens is 1. The Bertz CT molecular complexity index is 1240. The second-order valence-corrected chi connectivity index (χ2v) is 8.43. The van der Waals surface area contributed by atoms with E-state index < -0.39 is 10.0 Å². The van der Waals surface area contributed by atoms with E-state index in [2.05, 4.69) is 4.98 Å². The number of benzene rings is 3. The Labute approximate surface area is 158 Å². The Hall–Kier alpha value is -2.99. The number of aryl methyl sites for hydroxylation is 1. The van der Waals surface area contributed by atoms with Gasteiger partial charge in [0.05, 0.1) is 23.2 Å². The summed E-state index contributed by atoms with van der Waals surface area (Å²) >= 11 is 0. The van der Waals surface area contributed by atoms with Gasteiger partial charge in [0.25, 0.3) is 10.0 Å². The van der Waals surface area contributed by atoms with Crippen LogP contribution in [-0.4, -0.2) is 27.6 Å². The van der Waals surface area contributed by atoms with Gasteiger partial charge in [0, 0.05) is 23.3 Å². The van der Waals surface area contributed by atoms with Crippen molar-refractivity contribution < 1.29 is 13.2 Å². The molecule has 3 aromatic carbocycles. The van der Waals surface area contributed by atoms with Crippen LogP contribution in [0.2, 0.25) is 0 Å². The van der Waals surface area contributed by atoms with Crippen molar-refractivity contribution in [1.29, 1.82) is 0 Å². The maximum absolute atomic E-state index is 13.4. The van der Waals surface area contributed by atoms with Gasteiger partial charge in [-0.25, -0.2) is 8.42 Å². The van der Waals surface area contributed by atoms with Crippen LogP contribution in [0.5, 0.6) is 5.75 Å². The predicted octanol–water partition coefficient (Wildman–Crippen LogP) is 4.46. The summed E-state index contributed by atoms with van der Waals surface area (Å²) < 4.78 is 33.6. The second-order valence-electron chi connectivity index (χ2n) is 6.49. The Kier molecular flexibility index (Phi) is 4.08. The SMILES string of the molecule is COc1ccc(S(=O)(=O)N(C)c2ccc(C)cc2)c2c1[nH]c1ccccc12. The number of nitrogens with one attached hydrogen (secondary N) is 1. The molecule has 1 N–H and O–H groups in total. The van der Waals surface area contributed by atoms with E-state index in [0.717, 1.165) is 16.5 Å². The lowest BCUT2D eigenvalue weighted by molar-refractivity contribution is 0.419. The number of nitrogens with zero attached hydrogens (tertiary/aromatic N) is 1. The third-order valence-corrected chi connectivity index (χ3v) is 6.67. The zero-order chi connectivity index (χ0) is 19.2. The summed E-state index contributed by atoms with van der Waals surface area (Å²) in [5.41, 5.74) is 3.24. The predicted molar refractivity (Wildman–Crippen MR) is 109 cm³/mol. The first-order valence-corrected chi connectivity index (χ1v) is 10.0. The molecule has 0 aliphatic carbocycles. The minimum absolute atomic E-state index is 0.249. The number of para-hydroxylation sites is 1. The standard InChI is InChI=1S/C21H20N2O3S/c1-14-8-10-15(11-9-14)23(2)27(24,25)19-13-12-18(26-3)21-20(19)16-6-4-5-7-17(16)22-21/h4-13,22H,1-3H3. The molecule has 6 heteroatoms. The molecule has 4 aromatic rings. The van der Waals surface area contributed by atoms with E-state index in [-0.39, 0.29) is 4.90 Å². The molecule has 0 aliphatic heterocycles. The number of fused-ring (bicyclic) bond motifs is 3. The van der Waals surface area contributed by atoms with E-state index in [0.29, 0.717) is 22.3 Å². The zero-order valence-electron chi connectivity index (χ0n) is 15.4. The highest BCUT2D eigenvalue weighted by molar-refractivity contribution is 7.93. The van der Waals surface area contributed by atoms with Crippen LogP contribution in [0.1, 0.15) is 5.56 Å². The van der Waals surface area contributed by atoms with Gasteiger partial charge in [0.1, 0.15) is 5.75 Å². The lowest BCUT2D eigenvalue weighted by Crippen LogP contribution is -2.26. The fourth-order valence-corrected chi connectivity index (χ4v) is 4.73. The van der Waals surface area contributed by atoms with Crippen molar-refractivity contribution in [2.45, 2.75) is 11.8 Å². The van der Waals surface area contributed by atoms with Crippen LogP contribution in [0.3, 0.4) is 0 Å². The van der Waals surface area contributed by atoms with Crippen LogP contribution in [0.15, 0.2) is 65.6 Å². The molecule has 0 fully saturated rings. The Morgan fingerprint density at radius 2 is 1.67 bits per heavy atom. The summed E-state index contributed by atoms with van der Waals surface area (Å²) in [6, 6.07) is 18.4. The van der Waals surface area contributed by atoms with Crippen molar-refractivity contribution in [3.63, 3.8) is 0 Å². The smallest absolute Gasteiger partial charge is 0.264 e. The Balaban J connectivity index is 1.99. The first kappa shape index (κ1) is 17.4. The lowest BCUT2D eigenvalue weighted by atomic mass is 10.1. The number of sulfonamides is 1. The van der Waals surface area contributed by atoms with Crippen molar-refractivity contribution >= 4 is 37.5 Å². The van der Waals surface area contributed by atoms with Crippen LogP contribution in [0.4, 0.5) is 5.69 Å². The summed E-state index contributed by atoms with van der Waals surface area (Å²) in [4.78, 5) is 3.54. The minimum atomic E-state index is -3.76. The van der Waals surface area contributed by atoms with Crippen molar-refractivity contribution in [2.75, 3.05) is 18.5 Å². The molecule has 4 rings (SSSR count). The van der Waals surface area contributed by atoms with Crippen molar-refractivity contribution in [1.82, 2.24) is 4.98 Å². The maximum atomic E-state index is 13.4. The average Bonchev–Trinajstić information content (AvgIpc) is 3.06. The van der Waals surface area contributed by atoms with Gasteiger partial charge in [-0.3, -0.25) is 4.31 Å². The number of ether oxygens (including phenoxy) is 1. The number of anilines is 1. The zero-order valence-corrected chi connectivity index (χ0v) is 16.2. The summed E-state index contributed by atoms with van der Waals surface area (Å²) in [6.07, 6.45) is 0. The van der Waals surface area contributed by atoms with Gasteiger partial charge in [0.2, 0.25) is 0 Å². The van der Waals surface area contributed by atoms with Gasteiger partial charge < -0.3 is 9.72 Å². The van der Waals surface area contributed by atoms with E-state index in [1.54, 1.807) is 26.3 Å². The molecule has 0 amide bonds. The number of aromatic nitrogens is 1. The normalized spacial score (nSPS) is 11.8. The molecule has 0 saturated carbocycles. The van der Waals surface area contributed by atoms with Crippen molar-refractivity contribution in [3.05, 3.63) is 66.2 Å². The van der Waals surface area contributed by atoms with Gasteiger partial charge in [-0.05, 0) is 37.3 Å². The minimum Gasteiger partial charge on any atom is -0.495 e. The number of rotatable bonds is 4. The number of aromatic amines is 1. The molecule has 0 atom stereocenters. The fourth-order valence-electron chi connectivity index (χ4n) is 3.33. The highest BCUT2D eigenvalue weighted by atomic mass is 32.2. The summed E-state index contributed by atoms with van der Waals surface area (Å²) in [5, 5.41) is 1.49. The molecule has 5 nitrogen and oxygen atoms in total. The molecular weight excluding hydrogens is 360 g/mol. The highest BCUT2D eigenvalue weighted by Gasteiger charge is 2.26. The van der Waals surface area contributed by atoms with E-state index in [4.69, 9.17) is 4.74 Å². The van der Waals surface area contributed by atoms with Crippen molar-refractivity contribution in [2.24, 2.45) is 0 Å². The maximum Gasteiger partial charge on any atom is 0.264 e. The Morgan fingerprint density at radius 1 is 0.963 bits per heavy atom. The monoisotopic (exact) mass is 380 g/mol. The first-order chi connectivity index (χ1) is 12.9. The van der Waals surface area contributed by atoms with Crippen LogP contribution >= 0.6 is 0 Å². The van der Waals surface area contributed by atoms with Crippen LogP contribution < -0.4 is 9.04 Å². The molecule has 0 spiro atoms. The summed E-state index contributed by atoms with van der Waals surface area (Å²) in [6.45, 7) is 1.97. The van der Waals surface area contributed by atoms with Crippen molar-refractivity contribution in [3.8, 4) is 5.75 Å². The molecule has 0 saturated heterocycles. The highest BCUT2D eigenvalue weighted by Crippen LogP contribution is 2.37. The largest absolute Gasteiger partial charge is 0.495 e. The van der Waals surface area contributed by atoms with Gasteiger partial charge in [0.15, 0.2) is 0 Å². The molecular formula is C21H20N2O3S. The third-order valence-electron chi connectivity index (χ3n) is 4.84. The topological polar surface area (TPSA) is 62.4 Å². The van der Waals surface area contributed by atoms with E-state index >= 15 is 0 Å². The number of hydrogen-bond donors (Lipinski definition) is 1.